The van der Waals surface area contributed by atoms with Crippen LogP contribution in [0.3, 0.4) is 0 Å². The van der Waals surface area contributed by atoms with Gasteiger partial charge in [-0.15, -0.1) is 0 Å². The number of benzene rings is 1. The molecule has 0 spiro atoms. The van der Waals surface area contributed by atoms with Crippen LogP contribution in [0.5, 0.6) is 0 Å². The fourth-order valence-corrected chi connectivity index (χ4v) is 3.66. The van der Waals surface area contributed by atoms with Gasteiger partial charge in [-0.05, 0) is 44.9 Å². The standard InChI is InChI=1S/C20H28ClN3O3/c1-20(2,3)27-19(26)23-11-9-22(10-12-23)14-15-6-7-16(21)17(13-15)24-8-4-5-18(24)25/h6-7,13H,4-5,8-12,14H2,1-3H3. The smallest absolute Gasteiger partial charge is 0.410 e. The summed E-state index contributed by atoms with van der Waals surface area (Å²) in [6.07, 6.45) is 1.22. The third-order valence-electron chi connectivity index (χ3n) is 4.80. The summed E-state index contributed by atoms with van der Waals surface area (Å²) in [4.78, 5) is 30.1. The van der Waals surface area contributed by atoms with Crippen molar-refractivity contribution >= 4 is 29.3 Å². The normalized spacial score (nSPS) is 18.9. The summed E-state index contributed by atoms with van der Waals surface area (Å²) in [6, 6.07) is 5.90. The zero-order valence-electron chi connectivity index (χ0n) is 16.3. The van der Waals surface area contributed by atoms with E-state index in [2.05, 4.69) is 4.90 Å². The highest BCUT2D eigenvalue weighted by molar-refractivity contribution is 6.33. The second-order valence-electron chi connectivity index (χ2n) is 8.18. The van der Waals surface area contributed by atoms with Crippen molar-refractivity contribution in [2.75, 3.05) is 37.6 Å². The number of nitrogens with zero attached hydrogens (tertiary/aromatic N) is 3. The molecule has 7 heteroatoms. The molecule has 0 aromatic heterocycles. The van der Waals surface area contributed by atoms with Gasteiger partial charge in [0.2, 0.25) is 5.91 Å². The van der Waals surface area contributed by atoms with Gasteiger partial charge >= 0.3 is 6.09 Å². The zero-order valence-corrected chi connectivity index (χ0v) is 17.1. The maximum atomic E-state index is 12.2. The van der Waals surface area contributed by atoms with Gasteiger partial charge in [0.15, 0.2) is 0 Å². The third-order valence-corrected chi connectivity index (χ3v) is 5.12. The van der Waals surface area contributed by atoms with E-state index in [-0.39, 0.29) is 12.0 Å². The van der Waals surface area contributed by atoms with Crippen LogP contribution in [-0.2, 0) is 16.1 Å². The zero-order chi connectivity index (χ0) is 19.6. The molecule has 2 amide bonds. The summed E-state index contributed by atoms with van der Waals surface area (Å²) in [5.74, 6) is 0.139. The third kappa shape index (κ3) is 5.14. The minimum absolute atomic E-state index is 0.139. The summed E-state index contributed by atoms with van der Waals surface area (Å²) in [7, 11) is 0. The van der Waals surface area contributed by atoms with Crippen LogP contribution in [0.1, 0.15) is 39.2 Å². The first-order valence-electron chi connectivity index (χ1n) is 9.52. The van der Waals surface area contributed by atoms with Crippen LogP contribution in [-0.4, -0.2) is 60.1 Å². The van der Waals surface area contributed by atoms with Crippen molar-refractivity contribution in [1.82, 2.24) is 9.80 Å². The summed E-state index contributed by atoms with van der Waals surface area (Å²) in [6.45, 7) is 10.0. The lowest BCUT2D eigenvalue weighted by molar-refractivity contribution is -0.117. The Kier molecular flexibility index (Phi) is 5.96. The Bertz CT molecular complexity index is 709. The molecule has 0 unspecified atom stereocenters. The van der Waals surface area contributed by atoms with E-state index in [9.17, 15) is 9.59 Å². The number of amides is 2. The van der Waals surface area contributed by atoms with Crippen molar-refractivity contribution in [3.05, 3.63) is 28.8 Å². The van der Waals surface area contributed by atoms with Crippen LogP contribution in [0.2, 0.25) is 5.02 Å². The lowest BCUT2D eigenvalue weighted by atomic mass is 10.1. The van der Waals surface area contributed by atoms with E-state index in [0.717, 1.165) is 43.9 Å². The lowest BCUT2D eigenvalue weighted by Gasteiger charge is -2.35. The largest absolute Gasteiger partial charge is 0.444 e. The van der Waals surface area contributed by atoms with Gasteiger partial charge in [-0.3, -0.25) is 9.69 Å². The fourth-order valence-electron chi connectivity index (χ4n) is 3.44. The number of rotatable bonds is 3. The number of halogens is 1. The van der Waals surface area contributed by atoms with Crippen LogP contribution >= 0.6 is 11.6 Å². The summed E-state index contributed by atoms with van der Waals surface area (Å²) >= 11 is 6.33. The number of ether oxygens (including phenoxy) is 1. The summed E-state index contributed by atoms with van der Waals surface area (Å²) in [5.41, 5.74) is 1.46. The van der Waals surface area contributed by atoms with Crippen molar-refractivity contribution in [3.8, 4) is 0 Å². The molecule has 2 aliphatic rings. The van der Waals surface area contributed by atoms with Gasteiger partial charge in [-0.25, -0.2) is 4.79 Å². The van der Waals surface area contributed by atoms with Crippen molar-refractivity contribution < 1.29 is 14.3 Å². The monoisotopic (exact) mass is 393 g/mol. The number of carbonyl (C=O) groups is 2. The number of hydrogen-bond acceptors (Lipinski definition) is 4. The van der Waals surface area contributed by atoms with Gasteiger partial charge in [-0.2, -0.15) is 0 Å². The average Bonchev–Trinajstić information content (AvgIpc) is 3.01. The second kappa shape index (κ2) is 8.07. The number of hydrogen-bond donors (Lipinski definition) is 0. The Hall–Kier alpha value is -1.79. The molecule has 2 fully saturated rings. The SMILES string of the molecule is CC(C)(C)OC(=O)N1CCN(Cc2ccc(Cl)c(N3CCCC3=O)c2)CC1. The van der Waals surface area contributed by atoms with Crippen molar-refractivity contribution in [2.24, 2.45) is 0 Å². The van der Waals surface area contributed by atoms with Gasteiger partial charge < -0.3 is 14.5 Å². The molecule has 0 saturated carbocycles. The quantitative estimate of drug-likeness (QED) is 0.788. The average molecular weight is 394 g/mol. The Balaban J connectivity index is 1.58. The molecule has 0 radical (unpaired) electrons. The number of piperazine rings is 1. The molecule has 27 heavy (non-hydrogen) atoms. The Morgan fingerprint density at radius 3 is 2.44 bits per heavy atom. The van der Waals surface area contributed by atoms with Gasteiger partial charge in [0.05, 0.1) is 10.7 Å². The molecule has 2 aliphatic heterocycles. The Morgan fingerprint density at radius 1 is 1.15 bits per heavy atom. The van der Waals surface area contributed by atoms with Crippen molar-refractivity contribution in [3.63, 3.8) is 0 Å². The van der Waals surface area contributed by atoms with Gasteiger partial charge in [0.25, 0.3) is 0 Å². The maximum absolute atomic E-state index is 12.2. The molecule has 0 bridgehead atoms. The molecule has 1 aromatic carbocycles. The summed E-state index contributed by atoms with van der Waals surface area (Å²) < 4.78 is 5.44. The lowest BCUT2D eigenvalue weighted by Crippen LogP contribution is -2.49. The van der Waals surface area contributed by atoms with Crippen LogP contribution in [0.15, 0.2) is 18.2 Å². The molecule has 2 heterocycles. The van der Waals surface area contributed by atoms with Crippen LogP contribution in [0, 0.1) is 0 Å². The molecule has 2 saturated heterocycles. The fraction of sp³-hybridized carbons (Fsp3) is 0.600. The van der Waals surface area contributed by atoms with Crippen LogP contribution in [0.4, 0.5) is 10.5 Å². The highest BCUT2D eigenvalue weighted by atomic mass is 35.5. The van der Waals surface area contributed by atoms with Crippen molar-refractivity contribution in [1.29, 1.82) is 0 Å². The highest BCUT2D eigenvalue weighted by Gasteiger charge is 2.27. The van der Waals surface area contributed by atoms with E-state index in [1.54, 1.807) is 9.80 Å². The van der Waals surface area contributed by atoms with Gasteiger partial charge in [0, 0.05) is 45.7 Å². The van der Waals surface area contributed by atoms with Crippen molar-refractivity contribution in [2.45, 2.75) is 45.8 Å². The molecule has 148 valence electrons. The topological polar surface area (TPSA) is 53.1 Å². The molecule has 0 atom stereocenters. The van der Waals surface area contributed by atoms with E-state index in [1.807, 2.05) is 39.0 Å². The molecule has 1 aromatic rings. The van der Waals surface area contributed by atoms with Crippen LogP contribution < -0.4 is 4.90 Å². The first-order valence-corrected chi connectivity index (χ1v) is 9.90. The maximum Gasteiger partial charge on any atom is 0.410 e. The first-order chi connectivity index (χ1) is 12.7. The molecule has 0 aliphatic carbocycles. The Labute approximate surface area is 166 Å². The first kappa shape index (κ1) is 20.0. The van der Waals surface area contributed by atoms with E-state index in [4.69, 9.17) is 16.3 Å². The predicted molar refractivity (Wildman–Crippen MR) is 106 cm³/mol. The number of anilines is 1. The summed E-state index contributed by atoms with van der Waals surface area (Å²) in [5, 5.41) is 0.615. The molecule has 0 N–H and O–H groups in total. The molecular formula is C20H28ClN3O3. The number of carbonyl (C=O) groups excluding carboxylic acids is 2. The van der Waals surface area contributed by atoms with Gasteiger partial charge in [-0.1, -0.05) is 17.7 Å². The van der Waals surface area contributed by atoms with Gasteiger partial charge in [0.1, 0.15) is 5.60 Å². The predicted octanol–water partition coefficient (Wildman–Crippen LogP) is 3.52. The second-order valence-corrected chi connectivity index (χ2v) is 8.59. The van der Waals surface area contributed by atoms with E-state index < -0.39 is 5.60 Å². The minimum Gasteiger partial charge on any atom is -0.444 e. The molecule has 3 rings (SSSR count). The van der Waals surface area contributed by atoms with E-state index >= 15 is 0 Å². The highest BCUT2D eigenvalue weighted by Crippen LogP contribution is 2.30. The molecular weight excluding hydrogens is 366 g/mol. The Morgan fingerprint density at radius 2 is 1.85 bits per heavy atom. The molecule has 6 nitrogen and oxygen atoms in total. The van der Waals surface area contributed by atoms with Crippen LogP contribution in [0.25, 0.3) is 0 Å². The van der Waals surface area contributed by atoms with E-state index in [0.29, 0.717) is 24.5 Å². The minimum atomic E-state index is -0.471. The van der Waals surface area contributed by atoms with E-state index in [1.165, 1.54) is 0 Å².